The molecule has 1 aromatic carbocycles. The van der Waals surface area contributed by atoms with Crippen molar-refractivity contribution in [2.75, 3.05) is 31.1 Å². The van der Waals surface area contributed by atoms with Gasteiger partial charge in [-0.25, -0.2) is 4.98 Å². The molecular formula is C23H26ClF3N4O2. The number of aryl methyl sites for hydroxylation is 1. The lowest BCUT2D eigenvalue weighted by Crippen LogP contribution is -2.56. The molecule has 2 aromatic rings. The van der Waals surface area contributed by atoms with Crippen LogP contribution in [0.25, 0.3) is 0 Å². The predicted molar refractivity (Wildman–Crippen MR) is 120 cm³/mol. The molecule has 0 aliphatic carbocycles. The van der Waals surface area contributed by atoms with Crippen LogP contribution < -0.4 is 10.2 Å². The van der Waals surface area contributed by atoms with E-state index in [2.05, 4.69) is 10.3 Å². The van der Waals surface area contributed by atoms with Crippen molar-refractivity contribution < 1.29 is 22.8 Å². The summed E-state index contributed by atoms with van der Waals surface area (Å²) in [4.78, 5) is 33.1. The standard InChI is InChI=1S/C23H26ClF3N4O2/c1-14(2)19(29-21(32)16-6-4-5-15(3)11-16)22(33)31-9-7-30(8-10-31)20-18(24)12-17(13-28-20)23(25,26)27/h4-6,11-14,19H,7-10H2,1-3H3,(H,29,32). The number of piperazine rings is 1. The summed E-state index contributed by atoms with van der Waals surface area (Å²) in [6.07, 6.45) is -3.76. The summed E-state index contributed by atoms with van der Waals surface area (Å²) in [5, 5.41) is 2.76. The van der Waals surface area contributed by atoms with Gasteiger partial charge in [0.25, 0.3) is 5.91 Å². The number of nitrogens with one attached hydrogen (secondary N) is 1. The van der Waals surface area contributed by atoms with Crippen LogP contribution in [-0.2, 0) is 11.0 Å². The van der Waals surface area contributed by atoms with E-state index in [9.17, 15) is 22.8 Å². The number of pyridine rings is 1. The van der Waals surface area contributed by atoms with Crippen molar-refractivity contribution in [1.29, 1.82) is 0 Å². The molecule has 1 fully saturated rings. The zero-order valence-corrected chi connectivity index (χ0v) is 19.4. The van der Waals surface area contributed by atoms with Gasteiger partial charge in [-0.3, -0.25) is 9.59 Å². The Balaban J connectivity index is 1.65. The summed E-state index contributed by atoms with van der Waals surface area (Å²) >= 11 is 6.05. The van der Waals surface area contributed by atoms with Gasteiger partial charge in [0.15, 0.2) is 0 Å². The highest BCUT2D eigenvalue weighted by Gasteiger charge is 2.34. The van der Waals surface area contributed by atoms with E-state index in [0.29, 0.717) is 31.7 Å². The highest BCUT2D eigenvalue weighted by atomic mass is 35.5. The van der Waals surface area contributed by atoms with E-state index in [0.717, 1.165) is 17.8 Å². The van der Waals surface area contributed by atoms with Crippen molar-refractivity contribution in [3.63, 3.8) is 0 Å². The number of alkyl halides is 3. The van der Waals surface area contributed by atoms with E-state index >= 15 is 0 Å². The fourth-order valence-corrected chi connectivity index (χ4v) is 3.96. The van der Waals surface area contributed by atoms with E-state index in [-0.39, 0.29) is 28.6 Å². The molecule has 0 spiro atoms. The molecule has 10 heteroatoms. The van der Waals surface area contributed by atoms with Gasteiger partial charge in [0.2, 0.25) is 5.91 Å². The fraction of sp³-hybridized carbons (Fsp3) is 0.435. The van der Waals surface area contributed by atoms with Crippen LogP contribution in [0.5, 0.6) is 0 Å². The van der Waals surface area contributed by atoms with Crippen LogP contribution in [0, 0.1) is 12.8 Å². The summed E-state index contributed by atoms with van der Waals surface area (Å²) in [5.74, 6) is -0.387. The van der Waals surface area contributed by atoms with E-state index in [1.165, 1.54) is 0 Å². The number of aromatic nitrogens is 1. The van der Waals surface area contributed by atoms with E-state index < -0.39 is 17.8 Å². The maximum Gasteiger partial charge on any atom is 0.417 e. The minimum absolute atomic E-state index is 0.0879. The summed E-state index contributed by atoms with van der Waals surface area (Å²) in [5.41, 5.74) is 0.525. The first-order valence-corrected chi connectivity index (χ1v) is 11.0. The number of amides is 2. The first kappa shape index (κ1) is 24.8. The average molecular weight is 483 g/mol. The molecule has 33 heavy (non-hydrogen) atoms. The van der Waals surface area contributed by atoms with Gasteiger partial charge < -0.3 is 15.1 Å². The topological polar surface area (TPSA) is 65.5 Å². The number of hydrogen-bond acceptors (Lipinski definition) is 4. The van der Waals surface area contributed by atoms with Gasteiger partial charge in [0.1, 0.15) is 11.9 Å². The number of carbonyl (C=O) groups excluding carboxylic acids is 2. The summed E-state index contributed by atoms with van der Waals surface area (Å²) in [7, 11) is 0. The third-order valence-electron chi connectivity index (χ3n) is 5.54. The summed E-state index contributed by atoms with van der Waals surface area (Å²) in [6, 6.07) is 7.30. The zero-order valence-electron chi connectivity index (χ0n) is 18.6. The molecular weight excluding hydrogens is 457 g/mol. The molecule has 0 radical (unpaired) electrons. The molecule has 1 unspecified atom stereocenters. The number of hydrogen-bond donors (Lipinski definition) is 1. The highest BCUT2D eigenvalue weighted by molar-refractivity contribution is 6.33. The highest BCUT2D eigenvalue weighted by Crippen LogP contribution is 2.33. The van der Waals surface area contributed by atoms with Gasteiger partial charge >= 0.3 is 6.18 Å². The Bertz CT molecular complexity index is 1020. The van der Waals surface area contributed by atoms with E-state index in [1.54, 1.807) is 28.0 Å². The van der Waals surface area contributed by atoms with Crippen LogP contribution in [-0.4, -0.2) is 53.9 Å². The monoisotopic (exact) mass is 482 g/mol. The van der Waals surface area contributed by atoms with Gasteiger partial charge in [-0.1, -0.05) is 43.1 Å². The molecule has 1 saturated heterocycles. The zero-order chi connectivity index (χ0) is 24.3. The molecule has 0 bridgehead atoms. The third kappa shape index (κ3) is 5.96. The van der Waals surface area contributed by atoms with Crippen LogP contribution in [0.15, 0.2) is 36.5 Å². The maximum atomic E-state index is 13.2. The Labute approximate surface area is 195 Å². The molecule has 2 amide bonds. The first-order valence-electron chi connectivity index (χ1n) is 10.6. The van der Waals surface area contributed by atoms with Crippen molar-refractivity contribution in [3.05, 3.63) is 58.2 Å². The summed E-state index contributed by atoms with van der Waals surface area (Å²) in [6.45, 7) is 7.01. The normalized spacial score (nSPS) is 15.5. The lowest BCUT2D eigenvalue weighted by atomic mass is 10.0. The number of halogens is 4. The Morgan fingerprint density at radius 2 is 1.79 bits per heavy atom. The minimum atomic E-state index is -4.52. The van der Waals surface area contributed by atoms with E-state index in [1.807, 2.05) is 26.8 Å². The second-order valence-corrected chi connectivity index (χ2v) is 8.81. The Hall–Kier alpha value is -2.81. The van der Waals surface area contributed by atoms with Crippen molar-refractivity contribution >= 4 is 29.2 Å². The van der Waals surface area contributed by atoms with Gasteiger partial charge in [-0.15, -0.1) is 0 Å². The lowest BCUT2D eigenvalue weighted by Gasteiger charge is -2.38. The van der Waals surface area contributed by atoms with Crippen LogP contribution >= 0.6 is 11.6 Å². The van der Waals surface area contributed by atoms with Crippen molar-refractivity contribution in [2.45, 2.75) is 33.0 Å². The molecule has 0 saturated carbocycles. The number of nitrogens with zero attached hydrogens (tertiary/aromatic N) is 3. The van der Waals surface area contributed by atoms with Gasteiger partial charge in [-0.2, -0.15) is 13.2 Å². The number of benzene rings is 1. The molecule has 3 rings (SSSR count). The molecule has 1 atom stereocenters. The van der Waals surface area contributed by atoms with Crippen LogP contribution in [0.3, 0.4) is 0 Å². The Morgan fingerprint density at radius 3 is 2.33 bits per heavy atom. The van der Waals surface area contributed by atoms with Crippen molar-refractivity contribution in [3.8, 4) is 0 Å². The largest absolute Gasteiger partial charge is 0.417 e. The van der Waals surface area contributed by atoms with Crippen molar-refractivity contribution in [2.24, 2.45) is 5.92 Å². The minimum Gasteiger partial charge on any atom is -0.352 e. The average Bonchev–Trinajstić information content (AvgIpc) is 2.76. The predicted octanol–water partition coefficient (Wildman–Crippen LogP) is 4.17. The third-order valence-corrected chi connectivity index (χ3v) is 5.82. The van der Waals surface area contributed by atoms with Crippen molar-refractivity contribution in [1.82, 2.24) is 15.2 Å². The molecule has 1 N–H and O–H groups in total. The maximum absolute atomic E-state index is 13.2. The number of carbonyl (C=O) groups is 2. The smallest absolute Gasteiger partial charge is 0.352 e. The quantitative estimate of drug-likeness (QED) is 0.695. The van der Waals surface area contributed by atoms with Gasteiger partial charge in [-0.05, 0) is 31.0 Å². The lowest BCUT2D eigenvalue weighted by molar-refractivity contribution is -0.138. The molecule has 2 heterocycles. The Morgan fingerprint density at radius 1 is 1.12 bits per heavy atom. The van der Waals surface area contributed by atoms with Crippen LogP contribution in [0.1, 0.15) is 35.3 Å². The number of rotatable bonds is 5. The summed E-state index contributed by atoms with van der Waals surface area (Å²) < 4.78 is 38.6. The second kappa shape index (κ2) is 9.99. The first-order chi connectivity index (χ1) is 15.5. The van der Waals surface area contributed by atoms with Gasteiger partial charge in [0, 0.05) is 37.9 Å². The molecule has 6 nitrogen and oxygen atoms in total. The molecule has 1 aliphatic rings. The second-order valence-electron chi connectivity index (χ2n) is 8.40. The SMILES string of the molecule is Cc1cccc(C(=O)NC(C(=O)N2CCN(c3ncc(C(F)(F)F)cc3Cl)CC2)C(C)C)c1. The number of anilines is 1. The van der Waals surface area contributed by atoms with Crippen LogP contribution in [0.4, 0.5) is 19.0 Å². The molecule has 1 aromatic heterocycles. The molecule has 1 aliphatic heterocycles. The van der Waals surface area contributed by atoms with E-state index in [4.69, 9.17) is 11.6 Å². The Kier molecular flexibility index (Phi) is 7.51. The van der Waals surface area contributed by atoms with Gasteiger partial charge in [0.05, 0.1) is 10.6 Å². The molecule has 178 valence electrons. The van der Waals surface area contributed by atoms with Crippen LogP contribution in [0.2, 0.25) is 5.02 Å². The fourth-order valence-electron chi connectivity index (χ4n) is 3.68.